The van der Waals surface area contributed by atoms with Gasteiger partial charge in [0.15, 0.2) is 8.24 Å². The van der Waals surface area contributed by atoms with Gasteiger partial charge in [-0.25, -0.2) is 0 Å². The lowest BCUT2D eigenvalue weighted by Gasteiger charge is -2.13. The summed E-state index contributed by atoms with van der Waals surface area (Å²) < 4.78 is 4.64. The van der Waals surface area contributed by atoms with Gasteiger partial charge in [0.2, 0.25) is 0 Å². The normalized spacial score (nSPS) is 14.6. The topological polar surface area (TPSA) is 12.4 Å². The van der Waals surface area contributed by atoms with Crippen LogP contribution in [0.3, 0.4) is 0 Å². The van der Waals surface area contributed by atoms with E-state index < -0.39 is 8.24 Å². The second-order valence-corrected chi connectivity index (χ2v) is 11.2. The van der Waals surface area contributed by atoms with E-state index in [2.05, 4.69) is 44.8 Å². The predicted molar refractivity (Wildman–Crippen MR) is 52.4 cm³/mol. The molecule has 0 radical (unpaired) electrons. The Labute approximate surface area is 67.2 Å². The summed E-state index contributed by atoms with van der Waals surface area (Å²) >= 11 is 0. The molecule has 0 heterocycles. The molecule has 0 amide bonds. The monoisotopic (exact) mass is 175 g/mol. The van der Waals surface area contributed by atoms with Gasteiger partial charge in [-0.05, 0) is 28.0 Å². The van der Waals surface area contributed by atoms with Crippen molar-refractivity contribution in [2.45, 2.75) is 45.6 Å². The van der Waals surface area contributed by atoms with Gasteiger partial charge in [0.05, 0.1) is 0 Å². The summed E-state index contributed by atoms with van der Waals surface area (Å²) in [5, 5.41) is 0.347. The molecule has 0 unspecified atom stereocenters. The Kier molecular flexibility index (Phi) is 3.24. The molecular weight excluding hydrogens is 157 g/mol. The molecule has 0 bridgehead atoms. The summed E-state index contributed by atoms with van der Waals surface area (Å²) in [6.07, 6.45) is 0. The van der Waals surface area contributed by atoms with Crippen molar-refractivity contribution < 1.29 is 0 Å². The second kappa shape index (κ2) is 3.14. The summed E-state index contributed by atoms with van der Waals surface area (Å²) in [6, 6.07) is 0. The van der Waals surface area contributed by atoms with E-state index in [1.165, 1.54) is 8.37 Å². The van der Waals surface area contributed by atoms with Crippen LogP contribution in [-0.4, -0.2) is 13.4 Å². The third-order valence-electron chi connectivity index (χ3n) is 0.650. The van der Waals surface area contributed by atoms with Crippen LogP contribution in [0.25, 0.3) is 0 Å². The zero-order valence-corrected chi connectivity index (χ0v) is 9.79. The summed E-state index contributed by atoms with van der Waals surface area (Å²) in [5.74, 6) is 0. The Morgan fingerprint density at radius 3 is 1.60 bits per heavy atom. The molecule has 1 nitrogen and oxygen atoms in total. The predicted octanol–water partition coefficient (Wildman–Crippen LogP) is 3.75. The van der Waals surface area contributed by atoms with Gasteiger partial charge >= 0.3 is 0 Å². The first-order valence-electron chi connectivity index (χ1n) is 3.65. The van der Waals surface area contributed by atoms with Crippen LogP contribution >= 0.6 is 8.37 Å². The lowest BCUT2D eigenvalue weighted by molar-refractivity contribution is 0.799. The summed E-state index contributed by atoms with van der Waals surface area (Å²) in [4.78, 5) is 0. The van der Waals surface area contributed by atoms with Gasteiger partial charge < -0.3 is 4.41 Å². The highest BCUT2D eigenvalue weighted by atomic mass is 31.1. The molecule has 0 aliphatic rings. The number of nitrogens with zero attached hydrogens (tertiary/aromatic N) is 1. The largest absolute Gasteiger partial charge is 0.306 e. The molecule has 0 fully saturated rings. The van der Waals surface area contributed by atoms with Gasteiger partial charge in [0, 0.05) is 5.16 Å². The standard InChI is InChI=1S/C7H18NPSi/c1-7(2,3)9-8-10(4,5)6/h1-6H3. The van der Waals surface area contributed by atoms with E-state index in [1.54, 1.807) is 0 Å². The van der Waals surface area contributed by atoms with E-state index in [4.69, 9.17) is 0 Å². The highest BCUT2D eigenvalue weighted by Gasteiger charge is 2.13. The van der Waals surface area contributed by atoms with Gasteiger partial charge in [-0.15, -0.1) is 0 Å². The van der Waals surface area contributed by atoms with Crippen LogP contribution in [0.4, 0.5) is 0 Å². The molecule has 0 aromatic heterocycles. The lowest BCUT2D eigenvalue weighted by atomic mass is 10.3. The van der Waals surface area contributed by atoms with Gasteiger partial charge in [-0.2, -0.15) is 0 Å². The minimum Gasteiger partial charge on any atom is -0.306 e. The Morgan fingerprint density at radius 1 is 1.10 bits per heavy atom. The molecule has 0 spiro atoms. The molecule has 0 rings (SSSR count). The molecule has 0 saturated heterocycles. The minimum atomic E-state index is -1.15. The highest BCUT2D eigenvalue weighted by Crippen LogP contribution is 2.25. The zero-order valence-electron chi connectivity index (χ0n) is 7.89. The van der Waals surface area contributed by atoms with Crippen molar-refractivity contribution in [2.24, 2.45) is 4.41 Å². The molecule has 0 aliphatic heterocycles. The first kappa shape index (κ1) is 10.3. The number of hydrogen-bond donors (Lipinski definition) is 0. The summed E-state index contributed by atoms with van der Waals surface area (Å²) in [6.45, 7) is 13.5. The first-order chi connectivity index (χ1) is 4.21. The summed E-state index contributed by atoms with van der Waals surface area (Å²) in [7, 11) is 0.0991. The van der Waals surface area contributed by atoms with Crippen molar-refractivity contribution >= 4 is 16.6 Å². The van der Waals surface area contributed by atoms with Crippen molar-refractivity contribution in [1.82, 2.24) is 0 Å². The van der Waals surface area contributed by atoms with Crippen molar-refractivity contribution in [1.29, 1.82) is 0 Å². The first-order valence-corrected chi connectivity index (χ1v) is 7.94. The third kappa shape index (κ3) is 8.32. The van der Waals surface area contributed by atoms with E-state index in [-0.39, 0.29) is 0 Å². The minimum absolute atomic E-state index is 0.347. The number of rotatable bonds is 1. The van der Waals surface area contributed by atoms with Crippen LogP contribution in [0, 0.1) is 0 Å². The van der Waals surface area contributed by atoms with Crippen LogP contribution in [-0.2, 0) is 0 Å². The fourth-order valence-electron chi connectivity index (χ4n) is 0.300. The smallest absolute Gasteiger partial charge is 0.178 e. The van der Waals surface area contributed by atoms with Crippen molar-refractivity contribution in [2.75, 3.05) is 0 Å². The third-order valence-corrected chi connectivity index (χ3v) is 4.05. The Hall–Kier alpha value is 0.317. The second-order valence-electron chi connectivity index (χ2n) is 4.54. The van der Waals surface area contributed by atoms with Gasteiger partial charge in [0.1, 0.15) is 0 Å². The van der Waals surface area contributed by atoms with Gasteiger partial charge in [-0.3, -0.25) is 0 Å². The average molecular weight is 175 g/mol. The quantitative estimate of drug-likeness (QED) is 0.425. The molecule has 0 saturated carbocycles. The molecule has 0 atom stereocenters. The van der Waals surface area contributed by atoms with Gasteiger partial charge in [-0.1, -0.05) is 20.8 Å². The maximum Gasteiger partial charge on any atom is 0.178 e. The van der Waals surface area contributed by atoms with Crippen LogP contribution in [0.2, 0.25) is 19.6 Å². The molecule has 0 aromatic rings. The van der Waals surface area contributed by atoms with E-state index in [0.29, 0.717) is 5.16 Å². The van der Waals surface area contributed by atoms with Crippen LogP contribution in [0.5, 0.6) is 0 Å². The molecular formula is C7H18NPSi. The molecule has 3 heteroatoms. The molecule has 0 aromatic carbocycles. The molecule has 0 N–H and O–H groups in total. The number of hydrogen-bond acceptors (Lipinski definition) is 1. The Balaban J connectivity index is 4.01. The van der Waals surface area contributed by atoms with Crippen molar-refractivity contribution in [3.8, 4) is 0 Å². The van der Waals surface area contributed by atoms with E-state index >= 15 is 0 Å². The van der Waals surface area contributed by atoms with Crippen LogP contribution < -0.4 is 0 Å². The van der Waals surface area contributed by atoms with E-state index in [9.17, 15) is 0 Å². The maximum atomic E-state index is 4.64. The SMILES string of the molecule is CC(C)(C)P=N[Si](C)(C)C. The molecule has 10 heavy (non-hydrogen) atoms. The highest BCUT2D eigenvalue weighted by molar-refractivity contribution is 7.31. The van der Waals surface area contributed by atoms with Gasteiger partial charge in [0.25, 0.3) is 0 Å². The van der Waals surface area contributed by atoms with Crippen LogP contribution in [0.1, 0.15) is 20.8 Å². The van der Waals surface area contributed by atoms with E-state index in [1.807, 2.05) is 0 Å². The molecule has 0 aliphatic carbocycles. The lowest BCUT2D eigenvalue weighted by Crippen LogP contribution is -2.15. The van der Waals surface area contributed by atoms with Crippen molar-refractivity contribution in [3.63, 3.8) is 0 Å². The van der Waals surface area contributed by atoms with Crippen molar-refractivity contribution in [3.05, 3.63) is 0 Å². The summed E-state index contributed by atoms with van der Waals surface area (Å²) in [5.41, 5.74) is 0. The fraction of sp³-hybridized carbons (Fsp3) is 1.00. The fourth-order valence-corrected chi connectivity index (χ4v) is 2.70. The maximum absolute atomic E-state index is 4.64. The van der Waals surface area contributed by atoms with E-state index in [0.717, 1.165) is 0 Å². The average Bonchev–Trinajstić information content (AvgIpc) is 1.57. The Morgan fingerprint density at radius 2 is 1.50 bits per heavy atom. The van der Waals surface area contributed by atoms with Crippen LogP contribution in [0.15, 0.2) is 4.41 Å². The Bertz CT molecular complexity index is 114. The zero-order chi connectivity index (χ0) is 8.41. The molecule has 60 valence electrons.